The van der Waals surface area contributed by atoms with E-state index in [0.29, 0.717) is 25.1 Å². The van der Waals surface area contributed by atoms with E-state index in [1.165, 1.54) is 0 Å². The van der Waals surface area contributed by atoms with Gasteiger partial charge in [-0.3, -0.25) is 9.59 Å². The minimum absolute atomic E-state index is 0.365. The zero-order chi connectivity index (χ0) is 12.4. The average molecular weight is 234 g/mol. The van der Waals surface area contributed by atoms with Crippen LogP contribution in [0, 0.1) is 5.92 Å². The second kappa shape index (κ2) is 4.45. The van der Waals surface area contributed by atoms with E-state index in [2.05, 4.69) is 0 Å². The summed E-state index contributed by atoms with van der Waals surface area (Å²) in [6, 6.07) is 7.01. The number of carbonyl (C=O) groups excluding carboxylic acids is 1. The van der Waals surface area contributed by atoms with Crippen LogP contribution in [-0.2, 0) is 4.79 Å². The maximum atomic E-state index is 11.3. The molecule has 0 aliphatic carbocycles. The molecule has 0 saturated carbocycles. The van der Waals surface area contributed by atoms with E-state index < -0.39 is 11.9 Å². The number of para-hydroxylation sites is 1. The minimum atomic E-state index is -0.788. The van der Waals surface area contributed by atoms with Crippen LogP contribution in [0.5, 0.6) is 0 Å². The van der Waals surface area contributed by atoms with E-state index in [4.69, 9.17) is 10.8 Å². The number of nitrogens with two attached hydrogens (primary N) is 1. The topological polar surface area (TPSA) is 83.6 Å². The number of carbonyl (C=O) groups is 2. The number of carboxylic acids is 1. The highest BCUT2D eigenvalue weighted by Gasteiger charge is 2.29. The van der Waals surface area contributed by atoms with Crippen molar-refractivity contribution in [2.45, 2.75) is 6.42 Å². The first-order valence-corrected chi connectivity index (χ1v) is 5.46. The largest absolute Gasteiger partial charge is 0.481 e. The molecule has 5 heteroatoms. The molecule has 17 heavy (non-hydrogen) atoms. The molecule has 1 atom stereocenters. The maximum absolute atomic E-state index is 11.3. The van der Waals surface area contributed by atoms with Gasteiger partial charge >= 0.3 is 5.97 Å². The Morgan fingerprint density at radius 1 is 1.35 bits per heavy atom. The van der Waals surface area contributed by atoms with Crippen LogP contribution in [0.15, 0.2) is 24.3 Å². The van der Waals surface area contributed by atoms with Crippen LogP contribution < -0.4 is 10.6 Å². The van der Waals surface area contributed by atoms with E-state index in [-0.39, 0.29) is 5.92 Å². The van der Waals surface area contributed by atoms with Crippen LogP contribution in [0.1, 0.15) is 16.8 Å². The summed E-state index contributed by atoms with van der Waals surface area (Å²) in [6.45, 7) is 1.07. The first-order valence-electron chi connectivity index (χ1n) is 5.46. The Bertz CT molecular complexity index is 459. The van der Waals surface area contributed by atoms with Gasteiger partial charge in [0.1, 0.15) is 0 Å². The van der Waals surface area contributed by atoms with E-state index >= 15 is 0 Å². The fourth-order valence-electron chi connectivity index (χ4n) is 2.14. The minimum Gasteiger partial charge on any atom is -0.481 e. The Labute approximate surface area is 98.8 Å². The summed E-state index contributed by atoms with van der Waals surface area (Å²) in [5.74, 6) is -1.64. The number of carboxylic acid groups (broad SMARTS) is 1. The molecule has 3 N–H and O–H groups in total. The van der Waals surface area contributed by atoms with Crippen LogP contribution in [-0.4, -0.2) is 30.1 Å². The molecule has 1 aliphatic heterocycles. The standard InChI is InChI=1S/C12H14N2O3/c13-11(15)9-3-1-2-4-10(9)14-6-5-8(7-14)12(16)17/h1-4,8H,5-7H2,(H2,13,15)(H,16,17). The molecule has 0 spiro atoms. The van der Waals surface area contributed by atoms with Crippen molar-refractivity contribution in [3.8, 4) is 0 Å². The van der Waals surface area contributed by atoms with Gasteiger partial charge in [0.05, 0.1) is 11.5 Å². The molecular weight excluding hydrogens is 220 g/mol. The van der Waals surface area contributed by atoms with Gasteiger partial charge in [-0.1, -0.05) is 12.1 Å². The number of rotatable bonds is 3. The van der Waals surface area contributed by atoms with Gasteiger partial charge in [-0.2, -0.15) is 0 Å². The second-order valence-corrected chi connectivity index (χ2v) is 4.15. The third-order valence-electron chi connectivity index (χ3n) is 3.05. The third kappa shape index (κ3) is 2.22. The van der Waals surface area contributed by atoms with E-state index in [1.54, 1.807) is 18.2 Å². The fraction of sp³-hybridized carbons (Fsp3) is 0.333. The lowest BCUT2D eigenvalue weighted by Gasteiger charge is -2.20. The molecule has 0 radical (unpaired) electrons. The fourth-order valence-corrected chi connectivity index (χ4v) is 2.14. The average Bonchev–Trinajstić information content (AvgIpc) is 2.78. The van der Waals surface area contributed by atoms with Gasteiger partial charge in [0, 0.05) is 18.8 Å². The van der Waals surface area contributed by atoms with Gasteiger partial charge in [0.15, 0.2) is 0 Å². The molecular formula is C12H14N2O3. The molecule has 1 aromatic rings. The Kier molecular flexibility index (Phi) is 2.99. The maximum Gasteiger partial charge on any atom is 0.308 e. The highest BCUT2D eigenvalue weighted by atomic mass is 16.4. The zero-order valence-corrected chi connectivity index (χ0v) is 9.30. The van der Waals surface area contributed by atoms with Gasteiger partial charge < -0.3 is 15.7 Å². The van der Waals surface area contributed by atoms with Crippen molar-refractivity contribution >= 4 is 17.6 Å². The number of amides is 1. The Balaban J connectivity index is 2.24. The number of primary amides is 1. The lowest BCUT2D eigenvalue weighted by Crippen LogP contribution is -2.25. The second-order valence-electron chi connectivity index (χ2n) is 4.15. The number of nitrogens with zero attached hydrogens (tertiary/aromatic N) is 1. The Morgan fingerprint density at radius 3 is 2.65 bits per heavy atom. The first kappa shape index (κ1) is 11.4. The highest BCUT2D eigenvalue weighted by molar-refractivity contribution is 5.98. The van der Waals surface area contributed by atoms with Gasteiger partial charge in [-0.05, 0) is 18.6 Å². The summed E-state index contributed by atoms with van der Waals surface area (Å²) in [4.78, 5) is 24.1. The summed E-state index contributed by atoms with van der Waals surface area (Å²) < 4.78 is 0. The van der Waals surface area contributed by atoms with Crippen molar-refractivity contribution in [3.63, 3.8) is 0 Å². The first-order chi connectivity index (χ1) is 8.09. The predicted octanol–water partition coefficient (Wildman–Crippen LogP) is 0.696. The van der Waals surface area contributed by atoms with E-state index in [0.717, 1.165) is 5.69 Å². The number of benzene rings is 1. The summed E-state index contributed by atoms with van der Waals surface area (Å²) in [5.41, 5.74) is 6.46. The van der Waals surface area contributed by atoms with Crippen molar-refractivity contribution in [1.82, 2.24) is 0 Å². The van der Waals surface area contributed by atoms with Crippen LogP contribution in [0.2, 0.25) is 0 Å². The van der Waals surface area contributed by atoms with Crippen molar-refractivity contribution in [3.05, 3.63) is 29.8 Å². The quantitative estimate of drug-likeness (QED) is 0.806. The monoisotopic (exact) mass is 234 g/mol. The molecule has 1 fully saturated rings. The SMILES string of the molecule is NC(=O)c1ccccc1N1CCC(C(=O)O)C1. The van der Waals surface area contributed by atoms with Crippen LogP contribution in [0.4, 0.5) is 5.69 Å². The number of anilines is 1. The lowest BCUT2D eigenvalue weighted by molar-refractivity contribution is -0.140. The summed E-state index contributed by atoms with van der Waals surface area (Å²) in [7, 11) is 0. The molecule has 5 nitrogen and oxygen atoms in total. The third-order valence-corrected chi connectivity index (χ3v) is 3.05. The Hall–Kier alpha value is -2.04. The van der Waals surface area contributed by atoms with Gasteiger partial charge in [0.2, 0.25) is 0 Å². The normalized spacial score (nSPS) is 19.3. The molecule has 0 bridgehead atoms. The summed E-state index contributed by atoms with van der Waals surface area (Å²) >= 11 is 0. The molecule has 1 amide bonds. The van der Waals surface area contributed by atoms with Crippen molar-refractivity contribution in [2.24, 2.45) is 11.7 Å². The zero-order valence-electron chi connectivity index (χ0n) is 9.30. The molecule has 1 saturated heterocycles. The molecule has 0 aromatic heterocycles. The lowest BCUT2D eigenvalue weighted by atomic mass is 10.1. The van der Waals surface area contributed by atoms with E-state index in [9.17, 15) is 9.59 Å². The van der Waals surface area contributed by atoms with Crippen molar-refractivity contribution in [2.75, 3.05) is 18.0 Å². The summed E-state index contributed by atoms with van der Waals surface area (Å²) in [5, 5.41) is 8.94. The molecule has 1 heterocycles. The van der Waals surface area contributed by atoms with Crippen molar-refractivity contribution in [1.29, 1.82) is 0 Å². The van der Waals surface area contributed by atoms with Gasteiger partial charge in [0.25, 0.3) is 5.91 Å². The van der Waals surface area contributed by atoms with Gasteiger partial charge in [-0.25, -0.2) is 0 Å². The Morgan fingerprint density at radius 2 is 2.06 bits per heavy atom. The molecule has 2 rings (SSSR count). The van der Waals surface area contributed by atoms with Gasteiger partial charge in [-0.15, -0.1) is 0 Å². The smallest absolute Gasteiger partial charge is 0.308 e. The number of hydrogen-bond acceptors (Lipinski definition) is 3. The number of aliphatic carboxylic acids is 1. The molecule has 1 aromatic carbocycles. The summed E-state index contributed by atoms with van der Waals surface area (Å²) in [6.07, 6.45) is 0.600. The van der Waals surface area contributed by atoms with Crippen molar-refractivity contribution < 1.29 is 14.7 Å². The highest BCUT2D eigenvalue weighted by Crippen LogP contribution is 2.26. The molecule has 90 valence electrons. The number of hydrogen-bond donors (Lipinski definition) is 2. The molecule has 1 aliphatic rings. The van der Waals surface area contributed by atoms with Crippen LogP contribution in [0.3, 0.4) is 0 Å². The predicted molar refractivity (Wildman–Crippen MR) is 62.9 cm³/mol. The van der Waals surface area contributed by atoms with Crippen LogP contribution in [0.25, 0.3) is 0 Å². The van der Waals surface area contributed by atoms with Crippen LogP contribution >= 0.6 is 0 Å². The van der Waals surface area contributed by atoms with E-state index in [1.807, 2.05) is 11.0 Å². The molecule has 1 unspecified atom stereocenters.